The fraction of sp³-hybridized carbons (Fsp3) is 0.200. The number of hydrogen-bond acceptors (Lipinski definition) is 5. The highest BCUT2D eigenvalue weighted by Gasteiger charge is 2.59. The Labute approximate surface area is 189 Å². The predicted octanol–water partition coefficient (Wildman–Crippen LogP) is 4.10. The molecular formula is C25H19ClN2O4. The van der Waals surface area contributed by atoms with Crippen molar-refractivity contribution in [3.8, 4) is 5.75 Å². The Morgan fingerprint density at radius 1 is 1.00 bits per heavy atom. The van der Waals surface area contributed by atoms with Gasteiger partial charge in [-0.3, -0.25) is 9.59 Å². The Kier molecular flexibility index (Phi) is 5.23. The second-order valence-electron chi connectivity index (χ2n) is 8.08. The zero-order valence-corrected chi connectivity index (χ0v) is 17.7. The SMILES string of the molecule is O=C(/C=C/c1ccc(Cl)cc1)Oc1ccccc1C=NN1C(=O)[C@@H]2[C@H](C1=O)[C@H]1C=C[C@H]2C1. The molecule has 2 aromatic carbocycles. The number of imide groups is 1. The number of halogens is 1. The van der Waals surface area contributed by atoms with Crippen molar-refractivity contribution >= 4 is 41.7 Å². The largest absolute Gasteiger partial charge is 0.423 e. The van der Waals surface area contributed by atoms with Gasteiger partial charge in [-0.2, -0.15) is 10.1 Å². The van der Waals surface area contributed by atoms with E-state index in [2.05, 4.69) is 5.10 Å². The van der Waals surface area contributed by atoms with E-state index in [0.717, 1.165) is 17.0 Å². The first kappa shape index (κ1) is 20.4. The maximum Gasteiger partial charge on any atom is 0.336 e. The van der Waals surface area contributed by atoms with Gasteiger partial charge < -0.3 is 4.74 Å². The van der Waals surface area contributed by atoms with Gasteiger partial charge in [-0.05, 0) is 54.2 Å². The zero-order chi connectivity index (χ0) is 22.2. The van der Waals surface area contributed by atoms with Crippen LogP contribution in [0.5, 0.6) is 5.75 Å². The number of amides is 2. The third kappa shape index (κ3) is 3.67. The van der Waals surface area contributed by atoms with E-state index in [1.54, 1.807) is 54.6 Å². The lowest BCUT2D eigenvalue weighted by molar-refractivity contribution is -0.140. The molecule has 1 saturated carbocycles. The van der Waals surface area contributed by atoms with Crippen LogP contribution in [-0.2, 0) is 14.4 Å². The summed E-state index contributed by atoms with van der Waals surface area (Å²) >= 11 is 5.86. The minimum absolute atomic E-state index is 0.127. The van der Waals surface area contributed by atoms with Crippen LogP contribution in [0.2, 0.25) is 5.02 Å². The van der Waals surface area contributed by atoms with Gasteiger partial charge in [0.25, 0.3) is 11.8 Å². The molecule has 2 fully saturated rings. The van der Waals surface area contributed by atoms with Crippen LogP contribution < -0.4 is 4.74 Å². The highest BCUT2D eigenvalue weighted by Crippen LogP contribution is 2.52. The Morgan fingerprint density at radius 3 is 2.34 bits per heavy atom. The number of benzene rings is 2. The van der Waals surface area contributed by atoms with Crippen LogP contribution >= 0.6 is 11.6 Å². The highest BCUT2D eigenvalue weighted by molar-refractivity contribution is 6.30. The normalized spacial score (nSPS) is 26.0. The van der Waals surface area contributed by atoms with Crippen molar-refractivity contribution in [3.63, 3.8) is 0 Å². The van der Waals surface area contributed by atoms with E-state index in [9.17, 15) is 14.4 Å². The Morgan fingerprint density at radius 2 is 1.66 bits per heavy atom. The maximum atomic E-state index is 12.8. The van der Waals surface area contributed by atoms with Gasteiger partial charge in [0.2, 0.25) is 0 Å². The minimum atomic E-state index is -0.564. The van der Waals surface area contributed by atoms with Gasteiger partial charge >= 0.3 is 5.97 Å². The molecule has 0 spiro atoms. The van der Waals surface area contributed by atoms with E-state index in [4.69, 9.17) is 16.3 Å². The van der Waals surface area contributed by atoms with E-state index in [0.29, 0.717) is 10.6 Å². The number of carbonyl (C=O) groups is 3. The van der Waals surface area contributed by atoms with Crippen molar-refractivity contribution in [3.05, 3.63) is 82.9 Å². The molecule has 2 bridgehead atoms. The Bertz CT molecular complexity index is 1150. The number of para-hydroxylation sites is 1. The van der Waals surface area contributed by atoms with Crippen LogP contribution in [0.4, 0.5) is 0 Å². The molecule has 0 unspecified atom stereocenters. The summed E-state index contributed by atoms with van der Waals surface area (Å²) in [4.78, 5) is 37.8. The molecule has 1 saturated heterocycles. The van der Waals surface area contributed by atoms with Crippen molar-refractivity contribution in [2.45, 2.75) is 6.42 Å². The van der Waals surface area contributed by atoms with E-state index >= 15 is 0 Å². The molecule has 2 aromatic rings. The molecule has 6 nitrogen and oxygen atoms in total. The second kappa shape index (κ2) is 8.20. The number of carbonyl (C=O) groups excluding carboxylic acids is 3. The van der Waals surface area contributed by atoms with Crippen LogP contribution in [0.1, 0.15) is 17.5 Å². The van der Waals surface area contributed by atoms with E-state index in [1.807, 2.05) is 12.2 Å². The molecule has 0 aromatic heterocycles. The summed E-state index contributed by atoms with van der Waals surface area (Å²) in [5.74, 6) is -1.15. The molecule has 1 heterocycles. The topological polar surface area (TPSA) is 76.0 Å². The van der Waals surface area contributed by atoms with Crippen LogP contribution in [0.25, 0.3) is 6.08 Å². The molecule has 2 amide bonds. The lowest BCUT2D eigenvalue weighted by Gasteiger charge is -2.13. The zero-order valence-electron chi connectivity index (χ0n) is 16.9. The van der Waals surface area contributed by atoms with E-state index < -0.39 is 5.97 Å². The molecular weight excluding hydrogens is 428 g/mol. The number of allylic oxidation sites excluding steroid dienone is 2. The molecule has 4 atom stereocenters. The predicted molar refractivity (Wildman–Crippen MR) is 120 cm³/mol. The minimum Gasteiger partial charge on any atom is -0.423 e. The molecule has 160 valence electrons. The first-order chi connectivity index (χ1) is 15.5. The second-order valence-corrected chi connectivity index (χ2v) is 8.51. The van der Waals surface area contributed by atoms with Gasteiger partial charge in [0.15, 0.2) is 0 Å². The number of fused-ring (bicyclic) bond motifs is 5. The molecule has 5 rings (SSSR count). The van der Waals surface area contributed by atoms with Gasteiger partial charge in [-0.1, -0.05) is 48.0 Å². The molecule has 3 aliphatic rings. The summed E-state index contributed by atoms with van der Waals surface area (Å²) in [6, 6.07) is 13.8. The number of hydrogen-bond donors (Lipinski definition) is 0. The van der Waals surface area contributed by atoms with E-state index in [-0.39, 0.29) is 41.2 Å². The fourth-order valence-electron chi connectivity index (χ4n) is 4.68. The van der Waals surface area contributed by atoms with Crippen LogP contribution in [-0.4, -0.2) is 29.0 Å². The summed E-state index contributed by atoms with van der Waals surface area (Å²) < 4.78 is 5.44. The third-order valence-electron chi connectivity index (χ3n) is 6.17. The summed E-state index contributed by atoms with van der Waals surface area (Å²) in [6.07, 6.45) is 9.27. The highest BCUT2D eigenvalue weighted by atomic mass is 35.5. The average molecular weight is 447 g/mol. The van der Waals surface area contributed by atoms with Gasteiger partial charge in [0.05, 0.1) is 18.1 Å². The van der Waals surface area contributed by atoms with Gasteiger partial charge in [-0.15, -0.1) is 0 Å². The van der Waals surface area contributed by atoms with Crippen molar-refractivity contribution in [2.75, 3.05) is 0 Å². The quantitative estimate of drug-likeness (QED) is 0.173. The molecule has 0 N–H and O–H groups in total. The van der Waals surface area contributed by atoms with Crippen LogP contribution in [0, 0.1) is 23.7 Å². The lowest BCUT2D eigenvalue weighted by Crippen LogP contribution is -2.28. The average Bonchev–Trinajstić information content (AvgIpc) is 3.47. The van der Waals surface area contributed by atoms with Crippen molar-refractivity contribution in [1.29, 1.82) is 0 Å². The van der Waals surface area contributed by atoms with Gasteiger partial charge in [0, 0.05) is 16.7 Å². The number of esters is 1. The van der Waals surface area contributed by atoms with Gasteiger partial charge in [0.1, 0.15) is 5.75 Å². The summed E-state index contributed by atoms with van der Waals surface area (Å²) in [5.41, 5.74) is 1.29. The number of hydrazone groups is 1. The van der Waals surface area contributed by atoms with Crippen molar-refractivity contribution in [1.82, 2.24) is 5.01 Å². The summed E-state index contributed by atoms with van der Waals surface area (Å²) in [7, 11) is 0. The standard InChI is InChI=1S/C25H19ClN2O4/c26-19-10-5-15(6-11-19)7-12-21(29)32-20-4-2-1-3-18(20)14-27-28-24(30)22-16-8-9-17(13-16)23(22)25(28)31/h1-12,14,16-17,22-23H,13H2/b12-7+,27-14?/t16-,17-,22-,23+/m0/s1. The first-order valence-electron chi connectivity index (χ1n) is 10.4. The monoisotopic (exact) mass is 446 g/mol. The Hall–Kier alpha value is -3.51. The van der Waals surface area contributed by atoms with Crippen molar-refractivity contribution in [2.24, 2.45) is 28.8 Å². The molecule has 0 radical (unpaired) electrons. The van der Waals surface area contributed by atoms with Crippen molar-refractivity contribution < 1.29 is 19.1 Å². The summed E-state index contributed by atoms with van der Waals surface area (Å²) in [6.45, 7) is 0. The fourth-order valence-corrected chi connectivity index (χ4v) is 4.81. The van der Waals surface area contributed by atoms with E-state index in [1.165, 1.54) is 12.3 Å². The van der Waals surface area contributed by atoms with Crippen LogP contribution in [0.3, 0.4) is 0 Å². The molecule has 7 heteroatoms. The lowest BCUT2D eigenvalue weighted by atomic mass is 9.85. The smallest absolute Gasteiger partial charge is 0.336 e. The number of rotatable bonds is 5. The third-order valence-corrected chi connectivity index (χ3v) is 6.42. The Balaban J connectivity index is 1.29. The summed E-state index contributed by atoms with van der Waals surface area (Å²) in [5, 5.41) is 5.75. The van der Waals surface area contributed by atoms with Gasteiger partial charge in [-0.25, -0.2) is 4.79 Å². The molecule has 1 aliphatic heterocycles. The van der Waals surface area contributed by atoms with Crippen LogP contribution in [0.15, 0.2) is 71.9 Å². The molecule has 32 heavy (non-hydrogen) atoms. The maximum absolute atomic E-state index is 12.8. The number of ether oxygens (including phenoxy) is 1. The number of nitrogens with zero attached hydrogens (tertiary/aromatic N) is 2. The first-order valence-corrected chi connectivity index (χ1v) is 10.7. The molecule has 2 aliphatic carbocycles.